The predicted octanol–water partition coefficient (Wildman–Crippen LogP) is 4.81. The normalized spacial score (nSPS) is 13.1. The number of carbonyl (C=O) groups excluding carboxylic acids is 1. The van der Waals surface area contributed by atoms with Crippen molar-refractivity contribution < 1.29 is 4.79 Å². The van der Waals surface area contributed by atoms with Gasteiger partial charge in [-0.15, -0.1) is 12.4 Å². The first kappa shape index (κ1) is 20.2. The predicted molar refractivity (Wildman–Crippen MR) is 104 cm³/mol. The topological polar surface area (TPSA) is 55.1 Å². The zero-order valence-electron chi connectivity index (χ0n) is 14.7. The Hall–Kier alpha value is -1.84. The van der Waals surface area contributed by atoms with Crippen LogP contribution in [0.5, 0.6) is 0 Å². The summed E-state index contributed by atoms with van der Waals surface area (Å²) in [5.74, 6) is -0.00197. The molecule has 0 radical (unpaired) electrons. The lowest BCUT2D eigenvalue weighted by Crippen LogP contribution is -2.31. The van der Waals surface area contributed by atoms with Gasteiger partial charge < -0.3 is 11.1 Å². The number of carbonyl (C=O) groups is 1. The maximum atomic E-state index is 12.7. The van der Waals surface area contributed by atoms with E-state index in [1.54, 1.807) is 0 Å². The molecule has 130 valence electrons. The van der Waals surface area contributed by atoms with Gasteiger partial charge in [0, 0.05) is 11.7 Å². The summed E-state index contributed by atoms with van der Waals surface area (Å²) in [6, 6.07) is 15.5. The monoisotopic (exact) mass is 346 g/mol. The SMILES string of the molecule is Cc1cccc(C(C)C)c1NC(=O)C(C)C(N)c1ccccc1.Cl. The third-order valence-corrected chi connectivity index (χ3v) is 4.31. The minimum absolute atomic E-state index is 0. The molecule has 0 aromatic heterocycles. The zero-order chi connectivity index (χ0) is 17.0. The summed E-state index contributed by atoms with van der Waals surface area (Å²) in [6.07, 6.45) is 0. The molecule has 4 heteroatoms. The van der Waals surface area contributed by atoms with Crippen molar-refractivity contribution in [2.75, 3.05) is 5.32 Å². The number of amides is 1. The van der Waals surface area contributed by atoms with Crippen molar-refractivity contribution in [3.05, 3.63) is 65.2 Å². The highest BCUT2D eigenvalue weighted by atomic mass is 35.5. The smallest absolute Gasteiger partial charge is 0.229 e. The second-order valence-electron chi connectivity index (χ2n) is 6.41. The maximum absolute atomic E-state index is 12.7. The Labute approximate surface area is 151 Å². The summed E-state index contributed by atoms with van der Waals surface area (Å²) < 4.78 is 0. The molecular formula is C20H27ClN2O. The molecule has 0 spiro atoms. The van der Waals surface area contributed by atoms with Crippen LogP contribution in [-0.4, -0.2) is 5.91 Å². The molecule has 2 aromatic rings. The summed E-state index contributed by atoms with van der Waals surface area (Å²) in [5, 5.41) is 3.09. The van der Waals surface area contributed by atoms with E-state index in [2.05, 4.69) is 25.2 Å². The Bertz CT molecular complexity index is 671. The molecule has 0 bridgehead atoms. The molecule has 0 fully saturated rings. The van der Waals surface area contributed by atoms with Crippen LogP contribution < -0.4 is 11.1 Å². The van der Waals surface area contributed by atoms with Gasteiger partial charge in [-0.25, -0.2) is 0 Å². The van der Waals surface area contributed by atoms with Crippen LogP contribution in [0.25, 0.3) is 0 Å². The first-order valence-electron chi connectivity index (χ1n) is 8.12. The number of nitrogens with one attached hydrogen (secondary N) is 1. The molecule has 2 unspecified atom stereocenters. The largest absolute Gasteiger partial charge is 0.325 e. The van der Waals surface area contributed by atoms with Gasteiger partial charge >= 0.3 is 0 Å². The van der Waals surface area contributed by atoms with Gasteiger partial charge in [-0.3, -0.25) is 4.79 Å². The van der Waals surface area contributed by atoms with Crippen molar-refractivity contribution >= 4 is 24.0 Å². The first-order valence-corrected chi connectivity index (χ1v) is 8.12. The minimum atomic E-state index is -0.317. The number of benzene rings is 2. The van der Waals surface area contributed by atoms with E-state index in [0.717, 1.165) is 22.4 Å². The average molecular weight is 347 g/mol. The van der Waals surface area contributed by atoms with E-state index in [4.69, 9.17) is 5.73 Å². The Kier molecular flexibility index (Phi) is 7.46. The highest BCUT2D eigenvalue weighted by Gasteiger charge is 2.23. The van der Waals surface area contributed by atoms with Crippen molar-refractivity contribution in [2.24, 2.45) is 11.7 Å². The van der Waals surface area contributed by atoms with Crippen molar-refractivity contribution in [3.63, 3.8) is 0 Å². The molecule has 2 aromatic carbocycles. The van der Waals surface area contributed by atoms with Gasteiger partial charge in [-0.2, -0.15) is 0 Å². The summed E-state index contributed by atoms with van der Waals surface area (Å²) >= 11 is 0. The molecule has 1 amide bonds. The van der Waals surface area contributed by atoms with Crippen LogP contribution >= 0.6 is 12.4 Å². The third kappa shape index (κ3) is 4.59. The van der Waals surface area contributed by atoms with E-state index < -0.39 is 0 Å². The van der Waals surface area contributed by atoms with E-state index in [0.29, 0.717) is 5.92 Å². The van der Waals surface area contributed by atoms with Crippen LogP contribution in [0.3, 0.4) is 0 Å². The highest BCUT2D eigenvalue weighted by molar-refractivity contribution is 5.94. The van der Waals surface area contributed by atoms with Crippen molar-refractivity contribution in [3.8, 4) is 0 Å². The zero-order valence-corrected chi connectivity index (χ0v) is 15.6. The average Bonchev–Trinajstić information content (AvgIpc) is 2.55. The fourth-order valence-electron chi connectivity index (χ4n) is 2.71. The number of aryl methyl sites for hydroxylation is 1. The number of nitrogens with two attached hydrogens (primary N) is 1. The maximum Gasteiger partial charge on any atom is 0.229 e. The Morgan fingerprint density at radius 1 is 1.00 bits per heavy atom. The van der Waals surface area contributed by atoms with Gasteiger partial charge in [0.25, 0.3) is 0 Å². The Morgan fingerprint density at radius 2 is 1.62 bits per heavy atom. The highest BCUT2D eigenvalue weighted by Crippen LogP contribution is 2.29. The number of para-hydroxylation sites is 1. The van der Waals surface area contributed by atoms with Crippen molar-refractivity contribution in [2.45, 2.75) is 39.7 Å². The molecular weight excluding hydrogens is 320 g/mol. The Balaban J connectivity index is 0.00000288. The molecule has 0 saturated carbocycles. The number of halogens is 1. The Morgan fingerprint density at radius 3 is 2.21 bits per heavy atom. The van der Waals surface area contributed by atoms with E-state index in [1.807, 2.05) is 56.3 Å². The molecule has 0 saturated heterocycles. The second-order valence-corrected chi connectivity index (χ2v) is 6.41. The first-order chi connectivity index (χ1) is 10.9. The van der Waals surface area contributed by atoms with Crippen LogP contribution in [0.2, 0.25) is 0 Å². The molecule has 3 N–H and O–H groups in total. The van der Waals surface area contributed by atoms with Crippen LogP contribution in [0.15, 0.2) is 48.5 Å². The summed E-state index contributed by atoms with van der Waals surface area (Å²) in [6.45, 7) is 8.15. The number of hydrogen-bond acceptors (Lipinski definition) is 2. The van der Waals surface area contributed by atoms with E-state index in [-0.39, 0.29) is 30.3 Å². The standard InChI is InChI=1S/C20H26N2O.ClH/c1-13(2)17-12-8-9-14(3)19(17)22-20(23)15(4)18(21)16-10-6-5-7-11-16;/h5-13,15,18H,21H2,1-4H3,(H,22,23);1H. The van der Waals surface area contributed by atoms with Gasteiger partial charge in [0.2, 0.25) is 5.91 Å². The minimum Gasteiger partial charge on any atom is -0.325 e. The second kappa shape index (κ2) is 8.86. The molecule has 24 heavy (non-hydrogen) atoms. The molecule has 3 nitrogen and oxygen atoms in total. The van der Waals surface area contributed by atoms with Crippen LogP contribution in [-0.2, 0) is 4.79 Å². The molecule has 2 rings (SSSR count). The van der Waals surface area contributed by atoms with E-state index in [1.165, 1.54) is 0 Å². The fraction of sp³-hybridized carbons (Fsp3) is 0.350. The van der Waals surface area contributed by atoms with Crippen LogP contribution in [0, 0.1) is 12.8 Å². The molecule has 2 atom stereocenters. The number of hydrogen-bond donors (Lipinski definition) is 2. The van der Waals surface area contributed by atoms with Gasteiger partial charge in [0.05, 0.1) is 5.92 Å². The third-order valence-electron chi connectivity index (χ3n) is 4.31. The lowest BCUT2D eigenvalue weighted by molar-refractivity contribution is -0.120. The van der Waals surface area contributed by atoms with Gasteiger partial charge in [0.15, 0.2) is 0 Å². The lowest BCUT2D eigenvalue weighted by atomic mass is 9.93. The number of rotatable bonds is 5. The van der Waals surface area contributed by atoms with E-state index in [9.17, 15) is 4.79 Å². The lowest BCUT2D eigenvalue weighted by Gasteiger charge is -2.22. The van der Waals surface area contributed by atoms with Gasteiger partial charge in [-0.1, -0.05) is 69.3 Å². The molecule has 0 heterocycles. The van der Waals surface area contributed by atoms with Gasteiger partial charge in [0.1, 0.15) is 0 Å². The van der Waals surface area contributed by atoms with E-state index >= 15 is 0 Å². The number of anilines is 1. The molecule has 0 aliphatic rings. The van der Waals surface area contributed by atoms with Crippen LogP contribution in [0.4, 0.5) is 5.69 Å². The molecule has 0 aliphatic carbocycles. The summed E-state index contributed by atoms with van der Waals surface area (Å²) in [7, 11) is 0. The van der Waals surface area contributed by atoms with Crippen LogP contribution in [0.1, 0.15) is 49.4 Å². The van der Waals surface area contributed by atoms with Crippen molar-refractivity contribution in [1.82, 2.24) is 0 Å². The fourth-order valence-corrected chi connectivity index (χ4v) is 2.71. The summed E-state index contributed by atoms with van der Waals surface area (Å²) in [4.78, 5) is 12.7. The molecule has 0 aliphatic heterocycles. The summed E-state index contributed by atoms with van der Waals surface area (Å²) in [5.41, 5.74) is 10.4. The van der Waals surface area contributed by atoms with Crippen molar-refractivity contribution in [1.29, 1.82) is 0 Å². The quantitative estimate of drug-likeness (QED) is 0.815. The van der Waals surface area contributed by atoms with Gasteiger partial charge in [-0.05, 0) is 29.5 Å².